The molecule has 0 fully saturated rings. The number of primary sulfonamides is 1. The third-order valence-corrected chi connectivity index (χ3v) is 5.81. The van der Waals surface area contributed by atoms with Crippen LogP contribution < -0.4 is 19.9 Å². The number of nitrogens with one attached hydrogen (secondary N) is 1. The van der Waals surface area contributed by atoms with Gasteiger partial charge in [-0.3, -0.25) is 4.79 Å². The van der Waals surface area contributed by atoms with Crippen LogP contribution in [0.4, 0.5) is 0 Å². The van der Waals surface area contributed by atoms with Crippen molar-refractivity contribution in [2.75, 3.05) is 20.3 Å². The maximum atomic E-state index is 12.3. The largest absolute Gasteiger partial charge is 0.493 e. The SMILES string of the molecule is CCCn1c(CCC(=O)NCCOc2ccccc2OC)nc2cc(S(N)(=O)=O)ccc21. The molecule has 172 valence electrons. The van der Waals surface area contributed by atoms with Gasteiger partial charge in [-0.1, -0.05) is 19.1 Å². The Kier molecular flexibility index (Phi) is 7.70. The Hall–Kier alpha value is -3.11. The van der Waals surface area contributed by atoms with Gasteiger partial charge >= 0.3 is 0 Å². The normalized spacial score (nSPS) is 11.5. The van der Waals surface area contributed by atoms with E-state index in [9.17, 15) is 13.2 Å². The van der Waals surface area contributed by atoms with Crippen molar-refractivity contribution in [3.05, 3.63) is 48.3 Å². The Balaban J connectivity index is 1.58. The molecule has 0 aliphatic rings. The molecule has 3 N–H and O–H groups in total. The summed E-state index contributed by atoms with van der Waals surface area (Å²) in [5.41, 5.74) is 1.37. The lowest BCUT2D eigenvalue weighted by molar-refractivity contribution is -0.121. The summed E-state index contributed by atoms with van der Waals surface area (Å²) in [5, 5.41) is 8.07. The molecule has 3 rings (SSSR count). The predicted molar refractivity (Wildman–Crippen MR) is 121 cm³/mol. The first-order valence-corrected chi connectivity index (χ1v) is 11.9. The third kappa shape index (κ3) is 5.77. The Morgan fingerprint density at radius 2 is 1.94 bits per heavy atom. The highest BCUT2D eigenvalue weighted by atomic mass is 32.2. The summed E-state index contributed by atoms with van der Waals surface area (Å²) in [6, 6.07) is 12.0. The molecule has 1 amide bonds. The van der Waals surface area contributed by atoms with Crippen LogP contribution in [0.15, 0.2) is 47.4 Å². The highest BCUT2D eigenvalue weighted by Crippen LogP contribution is 2.25. The molecule has 1 aromatic heterocycles. The first kappa shape index (κ1) is 23.6. The summed E-state index contributed by atoms with van der Waals surface area (Å²) in [5.74, 6) is 1.87. The Labute approximate surface area is 187 Å². The second-order valence-electron chi connectivity index (χ2n) is 7.22. The number of para-hydroxylation sites is 2. The number of nitrogens with two attached hydrogens (primary N) is 1. The number of hydrogen-bond acceptors (Lipinski definition) is 6. The number of benzene rings is 2. The van der Waals surface area contributed by atoms with Gasteiger partial charge in [0.25, 0.3) is 0 Å². The van der Waals surface area contributed by atoms with E-state index < -0.39 is 10.0 Å². The Morgan fingerprint density at radius 3 is 2.62 bits per heavy atom. The molecule has 0 bridgehead atoms. The molecule has 0 spiro atoms. The molecule has 0 aliphatic heterocycles. The van der Waals surface area contributed by atoms with Crippen molar-refractivity contribution in [3.63, 3.8) is 0 Å². The van der Waals surface area contributed by atoms with E-state index in [-0.39, 0.29) is 17.2 Å². The van der Waals surface area contributed by atoms with Crippen molar-refractivity contribution in [3.8, 4) is 11.5 Å². The zero-order chi connectivity index (χ0) is 23.1. The highest BCUT2D eigenvalue weighted by Gasteiger charge is 2.15. The van der Waals surface area contributed by atoms with E-state index in [1.807, 2.05) is 29.7 Å². The lowest BCUT2D eigenvalue weighted by atomic mass is 10.2. The average molecular weight is 461 g/mol. The van der Waals surface area contributed by atoms with Crippen LogP contribution >= 0.6 is 0 Å². The van der Waals surface area contributed by atoms with Crippen LogP contribution in [0.5, 0.6) is 11.5 Å². The van der Waals surface area contributed by atoms with Gasteiger partial charge in [-0.05, 0) is 36.8 Å². The molecule has 0 radical (unpaired) electrons. The number of carbonyl (C=O) groups excluding carboxylic acids is 1. The summed E-state index contributed by atoms with van der Waals surface area (Å²) in [6.45, 7) is 3.44. The number of fused-ring (bicyclic) bond motifs is 1. The number of imidazole rings is 1. The van der Waals surface area contributed by atoms with Gasteiger partial charge in [0.1, 0.15) is 12.4 Å². The zero-order valence-corrected chi connectivity index (χ0v) is 19.0. The molecule has 10 heteroatoms. The Bertz CT molecular complexity index is 1190. The first-order valence-electron chi connectivity index (χ1n) is 10.4. The molecule has 2 aromatic carbocycles. The maximum absolute atomic E-state index is 12.3. The number of aryl methyl sites for hydroxylation is 2. The van der Waals surface area contributed by atoms with Crippen LogP contribution in [-0.4, -0.2) is 44.1 Å². The summed E-state index contributed by atoms with van der Waals surface area (Å²) >= 11 is 0. The molecule has 0 saturated heterocycles. The minimum atomic E-state index is -3.81. The van der Waals surface area contributed by atoms with Crippen molar-refractivity contribution >= 4 is 27.0 Å². The molecule has 0 saturated carbocycles. The number of rotatable bonds is 11. The number of amides is 1. The standard InChI is InChI=1S/C22H28N4O5S/c1-3-13-26-18-9-8-16(32(23,28)29)15-17(18)25-21(26)10-11-22(27)24-12-14-31-20-7-5-4-6-19(20)30-2/h4-9,15H,3,10-14H2,1-2H3,(H,24,27)(H2,23,28,29). The van der Waals surface area contributed by atoms with Gasteiger partial charge < -0.3 is 19.4 Å². The van der Waals surface area contributed by atoms with Gasteiger partial charge in [0.2, 0.25) is 15.9 Å². The zero-order valence-electron chi connectivity index (χ0n) is 18.2. The summed E-state index contributed by atoms with van der Waals surface area (Å²) in [4.78, 5) is 16.9. The van der Waals surface area contributed by atoms with Crippen LogP contribution in [0, 0.1) is 0 Å². The predicted octanol–water partition coefficient (Wildman–Crippen LogP) is 2.23. The van der Waals surface area contributed by atoms with Crippen molar-refractivity contribution in [1.29, 1.82) is 0 Å². The number of aromatic nitrogens is 2. The van der Waals surface area contributed by atoms with Crippen molar-refractivity contribution in [2.45, 2.75) is 37.6 Å². The molecule has 0 aliphatic carbocycles. The van der Waals surface area contributed by atoms with Gasteiger partial charge in [-0.25, -0.2) is 18.5 Å². The quantitative estimate of drug-likeness (QED) is 0.423. The summed E-state index contributed by atoms with van der Waals surface area (Å²) in [7, 11) is -2.23. The van der Waals surface area contributed by atoms with Gasteiger partial charge in [-0.15, -0.1) is 0 Å². The molecule has 1 heterocycles. The van der Waals surface area contributed by atoms with Gasteiger partial charge in [0.05, 0.1) is 29.6 Å². The minimum absolute atomic E-state index is 0.0190. The highest BCUT2D eigenvalue weighted by molar-refractivity contribution is 7.89. The molecule has 32 heavy (non-hydrogen) atoms. The van der Waals surface area contributed by atoms with Crippen LogP contribution in [-0.2, 0) is 27.8 Å². The fourth-order valence-electron chi connectivity index (χ4n) is 3.40. The number of methoxy groups -OCH3 is 1. The maximum Gasteiger partial charge on any atom is 0.238 e. The van der Waals surface area contributed by atoms with E-state index >= 15 is 0 Å². The molecule has 3 aromatic rings. The van der Waals surface area contributed by atoms with Crippen molar-refractivity contribution in [1.82, 2.24) is 14.9 Å². The van der Waals surface area contributed by atoms with E-state index in [4.69, 9.17) is 14.6 Å². The van der Waals surface area contributed by atoms with Gasteiger partial charge in [0.15, 0.2) is 11.5 Å². The Morgan fingerprint density at radius 1 is 1.19 bits per heavy atom. The number of hydrogen-bond donors (Lipinski definition) is 2. The average Bonchev–Trinajstić information content (AvgIpc) is 3.12. The number of sulfonamides is 1. The number of nitrogens with zero attached hydrogens (tertiary/aromatic N) is 2. The summed E-state index contributed by atoms with van der Waals surface area (Å²) in [6.07, 6.45) is 1.56. The lowest BCUT2D eigenvalue weighted by Gasteiger charge is -2.11. The van der Waals surface area contributed by atoms with E-state index in [0.29, 0.717) is 36.6 Å². The fourth-order valence-corrected chi connectivity index (χ4v) is 3.94. The first-order chi connectivity index (χ1) is 15.3. The van der Waals surface area contributed by atoms with E-state index in [1.54, 1.807) is 19.2 Å². The second kappa shape index (κ2) is 10.5. The lowest BCUT2D eigenvalue weighted by Crippen LogP contribution is -2.28. The van der Waals surface area contributed by atoms with Crippen molar-refractivity contribution in [2.24, 2.45) is 5.14 Å². The number of carbonyl (C=O) groups is 1. The summed E-state index contributed by atoms with van der Waals surface area (Å²) < 4.78 is 36.2. The molecule has 9 nitrogen and oxygen atoms in total. The third-order valence-electron chi connectivity index (χ3n) is 4.90. The van der Waals surface area contributed by atoms with E-state index in [0.717, 1.165) is 24.3 Å². The topological polar surface area (TPSA) is 126 Å². The molecular formula is C22H28N4O5S. The fraction of sp³-hybridized carbons (Fsp3) is 0.364. The van der Waals surface area contributed by atoms with Gasteiger partial charge in [0, 0.05) is 19.4 Å². The number of ether oxygens (including phenoxy) is 2. The van der Waals surface area contributed by atoms with Crippen molar-refractivity contribution < 1.29 is 22.7 Å². The van der Waals surface area contributed by atoms with Crippen LogP contribution in [0.25, 0.3) is 11.0 Å². The van der Waals surface area contributed by atoms with Crippen LogP contribution in [0.1, 0.15) is 25.6 Å². The molecule has 0 unspecified atom stereocenters. The monoisotopic (exact) mass is 460 g/mol. The van der Waals surface area contributed by atoms with E-state index in [2.05, 4.69) is 10.3 Å². The molecule has 0 atom stereocenters. The van der Waals surface area contributed by atoms with Crippen LogP contribution in [0.3, 0.4) is 0 Å². The minimum Gasteiger partial charge on any atom is -0.493 e. The van der Waals surface area contributed by atoms with Crippen LogP contribution in [0.2, 0.25) is 0 Å². The van der Waals surface area contributed by atoms with Gasteiger partial charge in [-0.2, -0.15) is 0 Å². The molecular weight excluding hydrogens is 432 g/mol. The smallest absolute Gasteiger partial charge is 0.238 e. The van der Waals surface area contributed by atoms with E-state index in [1.165, 1.54) is 12.1 Å². The second-order valence-corrected chi connectivity index (χ2v) is 8.79.